The SMILES string of the molecule is Cc1ccc(S(=O)(=O)N[C@H](Cc2ccc(F)cc2)C(=O)N[C@H](CCCN=C(N)N)C(=O)O)cc1. The molecule has 0 heterocycles. The largest absolute Gasteiger partial charge is 0.480 e. The van der Waals surface area contributed by atoms with E-state index >= 15 is 0 Å². The van der Waals surface area contributed by atoms with Crippen LogP contribution in [0.1, 0.15) is 24.0 Å². The molecule has 0 spiro atoms. The van der Waals surface area contributed by atoms with Crippen molar-refractivity contribution in [2.75, 3.05) is 6.54 Å². The van der Waals surface area contributed by atoms with Crippen LogP contribution in [0.25, 0.3) is 0 Å². The van der Waals surface area contributed by atoms with Gasteiger partial charge in [0.05, 0.1) is 4.90 Å². The maximum atomic E-state index is 13.3. The van der Waals surface area contributed by atoms with E-state index in [1.165, 1.54) is 36.4 Å². The minimum Gasteiger partial charge on any atom is -0.480 e. The Bertz CT molecular complexity index is 1120. The normalized spacial score (nSPS) is 13.0. The summed E-state index contributed by atoms with van der Waals surface area (Å²) in [6.45, 7) is 1.97. The highest BCUT2D eigenvalue weighted by molar-refractivity contribution is 7.89. The van der Waals surface area contributed by atoms with Crippen molar-refractivity contribution in [2.45, 2.75) is 43.2 Å². The summed E-state index contributed by atoms with van der Waals surface area (Å²) in [7, 11) is -4.11. The number of aryl methyl sites for hydroxylation is 1. The van der Waals surface area contributed by atoms with Crippen molar-refractivity contribution >= 4 is 27.9 Å². The number of carboxylic acids is 1. The number of hydrogen-bond donors (Lipinski definition) is 5. The molecule has 0 saturated heterocycles. The molecule has 2 atom stereocenters. The topological polar surface area (TPSA) is 177 Å². The second-order valence-electron chi connectivity index (χ2n) is 7.67. The van der Waals surface area contributed by atoms with Gasteiger partial charge in [-0.25, -0.2) is 17.6 Å². The average Bonchev–Trinajstić information content (AvgIpc) is 2.76. The highest BCUT2D eigenvalue weighted by atomic mass is 32.2. The lowest BCUT2D eigenvalue weighted by atomic mass is 10.0. The van der Waals surface area contributed by atoms with Crippen LogP contribution in [0.2, 0.25) is 0 Å². The molecule has 0 unspecified atom stereocenters. The van der Waals surface area contributed by atoms with Crippen molar-refractivity contribution < 1.29 is 27.5 Å². The number of benzene rings is 2. The second kappa shape index (κ2) is 12.1. The van der Waals surface area contributed by atoms with Gasteiger partial charge in [-0.15, -0.1) is 0 Å². The highest BCUT2D eigenvalue weighted by Gasteiger charge is 2.29. The van der Waals surface area contributed by atoms with Gasteiger partial charge >= 0.3 is 5.97 Å². The van der Waals surface area contributed by atoms with Crippen molar-refractivity contribution in [3.63, 3.8) is 0 Å². The fourth-order valence-electron chi connectivity index (χ4n) is 3.05. The maximum absolute atomic E-state index is 13.3. The van der Waals surface area contributed by atoms with Gasteiger partial charge in [0, 0.05) is 6.54 Å². The maximum Gasteiger partial charge on any atom is 0.326 e. The number of amides is 1. The van der Waals surface area contributed by atoms with Crippen LogP contribution < -0.4 is 21.5 Å². The second-order valence-corrected chi connectivity index (χ2v) is 9.38. The Morgan fingerprint density at radius 3 is 2.24 bits per heavy atom. The number of carbonyl (C=O) groups is 2. The Hall–Kier alpha value is -3.51. The Kier molecular flexibility index (Phi) is 9.51. The molecule has 184 valence electrons. The standard InChI is InChI=1S/C22H28FN5O5S/c1-14-4-10-17(11-5-14)34(32,33)28-19(13-15-6-8-16(23)9-7-15)20(29)27-18(21(30)31)3-2-12-26-22(24)25/h4-11,18-19,28H,2-3,12-13H2,1H3,(H,27,29)(H,30,31)(H4,24,25,26)/t18-,19-/m1/s1. The van der Waals surface area contributed by atoms with Crippen molar-refractivity contribution in [3.8, 4) is 0 Å². The van der Waals surface area contributed by atoms with Crippen molar-refractivity contribution in [3.05, 3.63) is 65.5 Å². The molecule has 12 heteroatoms. The first-order valence-corrected chi connectivity index (χ1v) is 11.9. The summed E-state index contributed by atoms with van der Waals surface area (Å²) in [6.07, 6.45) is 0.163. The number of carboxylic acid groups (broad SMARTS) is 1. The average molecular weight is 494 g/mol. The summed E-state index contributed by atoms with van der Waals surface area (Å²) >= 11 is 0. The van der Waals surface area contributed by atoms with E-state index in [4.69, 9.17) is 11.5 Å². The summed E-state index contributed by atoms with van der Waals surface area (Å²) in [4.78, 5) is 28.3. The predicted molar refractivity (Wildman–Crippen MR) is 125 cm³/mol. The first-order chi connectivity index (χ1) is 16.0. The van der Waals surface area contributed by atoms with Gasteiger partial charge in [0.25, 0.3) is 0 Å². The molecular formula is C22H28FN5O5S. The van der Waals surface area contributed by atoms with E-state index in [2.05, 4.69) is 15.0 Å². The van der Waals surface area contributed by atoms with Crippen LogP contribution in [-0.4, -0.2) is 50.0 Å². The summed E-state index contributed by atoms with van der Waals surface area (Å²) in [6, 6.07) is 8.58. The molecule has 7 N–H and O–H groups in total. The first-order valence-electron chi connectivity index (χ1n) is 10.4. The van der Waals surface area contributed by atoms with Crippen molar-refractivity contribution in [1.29, 1.82) is 0 Å². The lowest BCUT2D eigenvalue weighted by molar-refractivity contribution is -0.142. The van der Waals surface area contributed by atoms with E-state index in [1.807, 2.05) is 0 Å². The summed E-state index contributed by atoms with van der Waals surface area (Å²) in [5, 5.41) is 11.9. The van der Waals surface area contributed by atoms with Crippen LogP contribution in [0.4, 0.5) is 4.39 Å². The third-order valence-electron chi connectivity index (χ3n) is 4.86. The predicted octanol–water partition coefficient (Wildman–Crippen LogP) is 0.647. The van der Waals surface area contributed by atoms with E-state index in [0.717, 1.165) is 5.56 Å². The molecule has 0 bridgehead atoms. The number of sulfonamides is 1. The monoisotopic (exact) mass is 493 g/mol. The molecule has 2 rings (SSSR count). The number of nitrogens with one attached hydrogen (secondary N) is 2. The number of rotatable bonds is 12. The van der Waals surface area contributed by atoms with E-state index in [0.29, 0.717) is 5.56 Å². The van der Waals surface area contributed by atoms with Crippen LogP contribution in [0.15, 0.2) is 58.4 Å². The quantitative estimate of drug-likeness (QED) is 0.164. The molecule has 0 aliphatic rings. The van der Waals surface area contributed by atoms with E-state index < -0.39 is 39.8 Å². The lowest BCUT2D eigenvalue weighted by Crippen LogP contribution is -2.52. The van der Waals surface area contributed by atoms with Gasteiger partial charge < -0.3 is 21.9 Å². The number of nitrogens with zero attached hydrogens (tertiary/aromatic N) is 1. The van der Waals surface area contributed by atoms with Crippen LogP contribution in [-0.2, 0) is 26.0 Å². The third-order valence-corrected chi connectivity index (χ3v) is 6.35. The van der Waals surface area contributed by atoms with Crippen LogP contribution in [0, 0.1) is 12.7 Å². The zero-order valence-electron chi connectivity index (χ0n) is 18.6. The number of aliphatic carboxylic acids is 1. The molecule has 0 radical (unpaired) electrons. The molecule has 0 fully saturated rings. The number of carbonyl (C=O) groups excluding carboxylic acids is 1. The van der Waals surface area contributed by atoms with Crippen LogP contribution in [0.5, 0.6) is 0 Å². The number of halogens is 1. The zero-order valence-corrected chi connectivity index (χ0v) is 19.4. The highest BCUT2D eigenvalue weighted by Crippen LogP contribution is 2.13. The first kappa shape index (κ1) is 26.7. The van der Waals surface area contributed by atoms with Crippen molar-refractivity contribution in [2.24, 2.45) is 16.5 Å². The molecule has 1 amide bonds. The van der Waals surface area contributed by atoms with Gasteiger partial charge in [-0.05, 0) is 56.0 Å². The number of nitrogens with two attached hydrogens (primary N) is 2. The zero-order chi connectivity index (χ0) is 25.3. The number of guanidine groups is 1. The fraction of sp³-hybridized carbons (Fsp3) is 0.318. The lowest BCUT2D eigenvalue weighted by Gasteiger charge is -2.21. The van der Waals surface area contributed by atoms with Gasteiger partial charge in [0.1, 0.15) is 17.9 Å². The third kappa shape index (κ3) is 8.45. The molecule has 2 aromatic rings. The van der Waals surface area contributed by atoms with Gasteiger partial charge in [-0.3, -0.25) is 9.79 Å². The minimum absolute atomic E-state index is 0.0197. The van der Waals surface area contributed by atoms with E-state index in [1.54, 1.807) is 19.1 Å². The Morgan fingerprint density at radius 2 is 1.68 bits per heavy atom. The van der Waals surface area contributed by atoms with Crippen molar-refractivity contribution in [1.82, 2.24) is 10.0 Å². The molecule has 2 aromatic carbocycles. The van der Waals surface area contributed by atoms with E-state index in [-0.39, 0.29) is 36.7 Å². The summed E-state index contributed by atoms with van der Waals surface area (Å²) < 4.78 is 41.4. The Morgan fingerprint density at radius 1 is 1.06 bits per heavy atom. The van der Waals surface area contributed by atoms with Crippen LogP contribution in [0.3, 0.4) is 0 Å². The molecular weight excluding hydrogens is 465 g/mol. The molecule has 0 saturated carbocycles. The van der Waals surface area contributed by atoms with Gasteiger partial charge in [0.15, 0.2) is 5.96 Å². The molecule has 34 heavy (non-hydrogen) atoms. The number of aliphatic imine (C=N–C) groups is 1. The summed E-state index contributed by atoms with van der Waals surface area (Å²) in [5.74, 6) is -2.76. The van der Waals surface area contributed by atoms with Gasteiger partial charge in [0.2, 0.25) is 15.9 Å². The van der Waals surface area contributed by atoms with E-state index in [9.17, 15) is 27.5 Å². The number of hydrogen-bond acceptors (Lipinski definition) is 5. The van der Waals surface area contributed by atoms with Gasteiger partial charge in [-0.1, -0.05) is 29.8 Å². The minimum atomic E-state index is -4.11. The molecule has 0 aliphatic heterocycles. The van der Waals surface area contributed by atoms with Gasteiger partial charge in [-0.2, -0.15) is 4.72 Å². The Balaban J connectivity index is 2.23. The van der Waals surface area contributed by atoms with Crippen LogP contribution >= 0.6 is 0 Å². The Labute approximate surface area is 197 Å². The fourth-order valence-corrected chi connectivity index (χ4v) is 4.25. The molecule has 0 aliphatic carbocycles. The summed E-state index contributed by atoms with van der Waals surface area (Å²) in [5.41, 5.74) is 11.8. The molecule has 0 aromatic heterocycles. The molecule has 10 nitrogen and oxygen atoms in total. The smallest absolute Gasteiger partial charge is 0.326 e.